The highest BCUT2D eigenvalue weighted by atomic mass is 79.9. The fraction of sp³-hybridized carbons (Fsp3) is 0.400. The molecule has 0 saturated heterocycles. The first kappa shape index (κ1) is 22.7. The number of halogens is 1. The van der Waals surface area contributed by atoms with Crippen LogP contribution in [0.15, 0.2) is 45.8 Å². The van der Waals surface area contributed by atoms with Crippen LogP contribution in [0.3, 0.4) is 0 Å². The number of hydrogen-bond acceptors (Lipinski definition) is 5. The normalized spacial score (nSPS) is 12.9. The van der Waals surface area contributed by atoms with Gasteiger partial charge < -0.3 is 14.6 Å². The lowest BCUT2D eigenvalue weighted by molar-refractivity contribution is 0.0504. The van der Waals surface area contributed by atoms with Gasteiger partial charge in [0.1, 0.15) is 11.5 Å². The standard InChI is InChI=1S/C20H26BrNO5S/c1-13(2)9-18(22-28(24,25)15-7-5-14(3)6-8-15)16-10-17(21)20(11-19(16)23)27-12-26-4/h5-8,10-11,13,18,22-23H,9,12H2,1-4H3/t18-/m1/s1. The number of aryl methyl sites for hydroxylation is 1. The predicted molar refractivity (Wildman–Crippen MR) is 112 cm³/mol. The van der Waals surface area contributed by atoms with Crippen LogP contribution in [0.25, 0.3) is 0 Å². The fourth-order valence-corrected chi connectivity index (χ4v) is 4.46. The van der Waals surface area contributed by atoms with E-state index in [2.05, 4.69) is 20.7 Å². The number of methoxy groups -OCH3 is 1. The highest BCUT2D eigenvalue weighted by molar-refractivity contribution is 9.10. The molecule has 8 heteroatoms. The van der Waals surface area contributed by atoms with Gasteiger partial charge in [-0.3, -0.25) is 0 Å². The van der Waals surface area contributed by atoms with Gasteiger partial charge in [0.05, 0.1) is 15.4 Å². The monoisotopic (exact) mass is 471 g/mol. The summed E-state index contributed by atoms with van der Waals surface area (Å²) < 4.78 is 39.3. The quantitative estimate of drug-likeness (QED) is 0.525. The Balaban J connectivity index is 2.38. The second-order valence-corrected chi connectivity index (χ2v) is 9.58. The number of rotatable bonds is 9. The molecule has 2 rings (SSSR count). The first-order valence-corrected chi connectivity index (χ1v) is 11.1. The van der Waals surface area contributed by atoms with Gasteiger partial charge in [-0.15, -0.1) is 0 Å². The van der Waals surface area contributed by atoms with Gasteiger partial charge in [-0.05, 0) is 53.4 Å². The van der Waals surface area contributed by atoms with Crippen molar-refractivity contribution in [3.63, 3.8) is 0 Å². The van der Waals surface area contributed by atoms with E-state index >= 15 is 0 Å². The van der Waals surface area contributed by atoms with Gasteiger partial charge in [-0.2, -0.15) is 0 Å². The van der Waals surface area contributed by atoms with E-state index in [1.165, 1.54) is 13.2 Å². The first-order chi connectivity index (χ1) is 13.1. The van der Waals surface area contributed by atoms with Crippen molar-refractivity contribution in [2.24, 2.45) is 5.92 Å². The zero-order valence-corrected chi connectivity index (χ0v) is 18.8. The third kappa shape index (κ3) is 5.94. The minimum absolute atomic E-state index is 0.0346. The highest BCUT2D eigenvalue weighted by Gasteiger charge is 2.25. The third-order valence-electron chi connectivity index (χ3n) is 4.12. The zero-order valence-electron chi connectivity index (χ0n) is 16.4. The van der Waals surface area contributed by atoms with Crippen LogP contribution in [0.1, 0.15) is 37.4 Å². The summed E-state index contributed by atoms with van der Waals surface area (Å²) in [5.41, 5.74) is 1.45. The van der Waals surface area contributed by atoms with Crippen LogP contribution in [-0.2, 0) is 14.8 Å². The van der Waals surface area contributed by atoms with Crippen LogP contribution >= 0.6 is 15.9 Å². The number of ether oxygens (including phenoxy) is 2. The zero-order chi connectivity index (χ0) is 20.9. The molecule has 6 nitrogen and oxygen atoms in total. The second kappa shape index (κ2) is 9.73. The molecule has 0 aliphatic rings. The Bertz CT molecular complexity index is 898. The molecule has 2 N–H and O–H groups in total. The van der Waals surface area contributed by atoms with Gasteiger partial charge in [0.25, 0.3) is 0 Å². The summed E-state index contributed by atoms with van der Waals surface area (Å²) in [6.07, 6.45) is 0.517. The topological polar surface area (TPSA) is 84.9 Å². The molecule has 2 aromatic carbocycles. The Morgan fingerprint density at radius 2 is 1.82 bits per heavy atom. The molecule has 0 heterocycles. The maximum Gasteiger partial charge on any atom is 0.241 e. The minimum atomic E-state index is -3.75. The van der Waals surface area contributed by atoms with Gasteiger partial charge >= 0.3 is 0 Å². The molecule has 0 amide bonds. The summed E-state index contributed by atoms with van der Waals surface area (Å²) in [5, 5.41) is 10.5. The van der Waals surface area contributed by atoms with Crippen molar-refractivity contribution in [1.29, 1.82) is 0 Å². The van der Waals surface area contributed by atoms with E-state index in [9.17, 15) is 13.5 Å². The van der Waals surface area contributed by atoms with E-state index in [-0.39, 0.29) is 23.4 Å². The number of hydrogen-bond donors (Lipinski definition) is 2. The summed E-state index contributed by atoms with van der Waals surface area (Å²) in [5.74, 6) is 0.563. The molecule has 28 heavy (non-hydrogen) atoms. The van der Waals surface area contributed by atoms with Crippen molar-refractivity contribution >= 4 is 26.0 Å². The summed E-state index contributed by atoms with van der Waals surface area (Å²) in [6, 6.07) is 9.17. The van der Waals surface area contributed by atoms with Crippen LogP contribution in [0.5, 0.6) is 11.5 Å². The van der Waals surface area contributed by atoms with Gasteiger partial charge in [0, 0.05) is 18.7 Å². The van der Waals surface area contributed by atoms with Crippen LogP contribution in [0.4, 0.5) is 0 Å². The molecule has 2 aromatic rings. The first-order valence-electron chi connectivity index (χ1n) is 8.87. The second-order valence-electron chi connectivity index (χ2n) is 7.01. The van der Waals surface area contributed by atoms with E-state index in [4.69, 9.17) is 9.47 Å². The van der Waals surface area contributed by atoms with Crippen molar-refractivity contribution in [3.05, 3.63) is 52.0 Å². The molecule has 0 radical (unpaired) electrons. The molecule has 154 valence electrons. The Morgan fingerprint density at radius 1 is 1.18 bits per heavy atom. The maximum atomic E-state index is 12.9. The average molecular weight is 472 g/mol. The Morgan fingerprint density at radius 3 is 2.39 bits per heavy atom. The van der Waals surface area contributed by atoms with Crippen LogP contribution in [0, 0.1) is 12.8 Å². The van der Waals surface area contributed by atoms with Crippen molar-refractivity contribution in [2.75, 3.05) is 13.9 Å². The van der Waals surface area contributed by atoms with Crippen molar-refractivity contribution in [3.8, 4) is 11.5 Å². The molecule has 0 aliphatic carbocycles. The molecule has 1 atom stereocenters. The average Bonchev–Trinajstić information content (AvgIpc) is 2.61. The van der Waals surface area contributed by atoms with Gasteiger partial charge in [-0.25, -0.2) is 13.1 Å². The Labute approximate surface area is 175 Å². The number of aromatic hydroxyl groups is 1. The molecule has 0 aromatic heterocycles. The molecule has 0 saturated carbocycles. The summed E-state index contributed by atoms with van der Waals surface area (Å²) >= 11 is 3.41. The summed E-state index contributed by atoms with van der Waals surface area (Å²) in [4.78, 5) is 0.186. The molecule has 0 aliphatic heterocycles. The lowest BCUT2D eigenvalue weighted by Crippen LogP contribution is -2.29. The van der Waals surface area contributed by atoms with E-state index in [1.807, 2.05) is 20.8 Å². The van der Waals surface area contributed by atoms with Crippen molar-refractivity contribution in [1.82, 2.24) is 4.72 Å². The Hall–Kier alpha value is -1.61. The van der Waals surface area contributed by atoms with E-state index < -0.39 is 16.1 Å². The Kier molecular flexibility index (Phi) is 7.88. The van der Waals surface area contributed by atoms with Crippen LogP contribution in [-0.4, -0.2) is 27.4 Å². The van der Waals surface area contributed by atoms with Gasteiger partial charge in [-0.1, -0.05) is 31.5 Å². The minimum Gasteiger partial charge on any atom is -0.507 e. The van der Waals surface area contributed by atoms with E-state index in [0.717, 1.165) is 5.56 Å². The smallest absolute Gasteiger partial charge is 0.241 e. The largest absolute Gasteiger partial charge is 0.507 e. The van der Waals surface area contributed by atoms with Crippen molar-refractivity contribution in [2.45, 2.75) is 38.1 Å². The molecular weight excluding hydrogens is 446 g/mol. The maximum absolute atomic E-state index is 12.9. The lowest BCUT2D eigenvalue weighted by Gasteiger charge is -2.23. The van der Waals surface area contributed by atoms with E-state index in [0.29, 0.717) is 22.2 Å². The summed E-state index contributed by atoms with van der Waals surface area (Å²) in [7, 11) is -2.25. The molecule has 0 unspecified atom stereocenters. The van der Waals surface area contributed by atoms with Gasteiger partial charge in [0.2, 0.25) is 10.0 Å². The van der Waals surface area contributed by atoms with Gasteiger partial charge in [0.15, 0.2) is 6.79 Å². The number of phenols is 1. The third-order valence-corrected chi connectivity index (χ3v) is 6.23. The van der Waals surface area contributed by atoms with Crippen LogP contribution < -0.4 is 9.46 Å². The number of nitrogens with one attached hydrogen (secondary N) is 1. The number of benzene rings is 2. The van der Waals surface area contributed by atoms with Crippen molar-refractivity contribution < 1.29 is 23.0 Å². The molecular formula is C20H26BrNO5S. The highest BCUT2D eigenvalue weighted by Crippen LogP contribution is 2.38. The fourth-order valence-electron chi connectivity index (χ4n) is 2.75. The molecule has 0 fully saturated rings. The number of sulfonamides is 1. The lowest BCUT2D eigenvalue weighted by atomic mass is 9.97. The van der Waals surface area contributed by atoms with Crippen LogP contribution in [0.2, 0.25) is 0 Å². The SMILES string of the molecule is COCOc1cc(O)c([C@@H](CC(C)C)NS(=O)(=O)c2ccc(C)cc2)cc1Br. The summed E-state index contributed by atoms with van der Waals surface area (Å²) in [6.45, 7) is 5.92. The number of phenolic OH excluding ortho intramolecular Hbond substituents is 1. The molecule has 0 bridgehead atoms. The molecule has 0 spiro atoms. The van der Waals surface area contributed by atoms with E-state index in [1.54, 1.807) is 30.3 Å². The predicted octanol–water partition coefficient (Wildman–Crippen LogP) is 4.51.